The summed E-state index contributed by atoms with van der Waals surface area (Å²) < 4.78 is 13.1. The Bertz CT molecular complexity index is 584. The van der Waals surface area contributed by atoms with Gasteiger partial charge in [-0.05, 0) is 40.8 Å². The monoisotopic (exact) mass is 277 g/mol. The maximum Gasteiger partial charge on any atom is 0.161 e. The van der Waals surface area contributed by atoms with E-state index < -0.39 is 0 Å². The second kappa shape index (κ2) is 5.71. The Hall–Kier alpha value is -1.75. The summed E-state index contributed by atoms with van der Waals surface area (Å²) in [5.74, 6) is 2.61. The molecule has 5 heteroatoms. The van der Waals surface area contributed by atoms with Gasteiger partial charge in [0.2, 0.25) is 0 Å². The molecule has 0 fully saturated rings. The van der Waals surface area contributed by atoms with Gasteiger partial charge in [-0.25, -0.2) is 0 Å². The number of hydrogen-bond acceptors (Lipinski definition) is 4. The van der Waals surface area contributed by atoms with Gasteiger partial charge in [0.05, 0.1) is 19.3 Å². The molecule has 2 heterocycles. The number of aryl methyl sites for hydroxylation is 2. The highest BCUT2D eigenvalue weighted by molar-refractivity contribution is 5.38. The minimum Gasteiger partial charge on any atom is -0.493 e. The number of methoxy groups -OCH3 is 1. The fourth-order valence-electron chi connectivity index (χ4n) is 2.58. The van der Waals surface area contributed by atoms with Crippen molar-refractivity contribution >= 4 is 0 Å². The first-order valence-electron chi connectivity index (χ1n) is 6.85. The molecule has 2 rings (SSSR count). The number of aromatic nitrogens is 2. The molecule has 0 aliphatic rings. The Morgan fingerprint density at radius 3 is 2.50 bits per heavy atom. The predicted molar refractivity (Wildman–Crippen MR) is 78.2 cm³/mol. The van der Waals surface area contributed by atoms with E-state index in [2.05, 4.69) is 30.3 Å². The van der Waals surface area contributed by atoms with E-state index >= 15 is 0 Å². The Balaban J connectivity index is 2.56. The van der Waals surface area contributed by atoms with E-state index in [0.717, 1.165) is 28.5 Å². The van der Waals surface area contributed by atoms with Crippen LogP contribution in [0, 0.1) is 13.8 Å². The maximum atomic E-state index is 5.66. The molecule has 0 aliphatic carbocycles. The Morgan fingerprint density at radius 1 is 1.35 bits per heavy atom. The lowest BCUT2D eigenvalue weighted by Gasteiger charge is -2.20. The standard InChI is InChI=1S/C15H23N3O2/c1-9(2)18-15(13(19-6)8-17-18)14(16-5)12-7-10(3)20-11(12)4/h7-9,14,16H,1-6H3. The van der Waals surface area contributed by atoms with Crippen LogP contribution >= 0.6 is 0 Å². The molecule has 1 atom stereocenters. The summed E-state index contributed by atoms with van der Waals surface area (Å²) in [4.78, 5) is 0. The third-order valence-electron chi connectivity index (χ3n) is 3.46. The first kappa shape index (κ1) is 14.7. The minimum absolute atomic E-state index is 0.00713. The van der Waals surface area contributed by atoms with Crippen LogP contribution in [0.5, 0.6) is 5.75 Å². The molecular weight excluding hydrogens is 254 g/mol. The van der Waals surface area contributed by atoms with Crippen LogP contribution in [0.15, 0.2) is 16.7 Å². The SMILES string of the molecule is CNC(c1cc(C)oc1C)c1c(OC)cnn1C(C)C. The Kier molecular flexibility index (Phi) is 4.18. The average molecular weight is 277 g/mol. The molecule has 0 radical (unpaired) electrons. The van der Waals surface area contributed by atoms with Crippen molar-refractivity contribution in [2.75, 3.05) is 14.2 Å². The van der Waals surface area contributed by atoms with Gasteiger partial charge in [-0.15, -0.1) is 0 Å². The molecule has 2 aromatic rings. The highest BCUT2D eigenvalue weighted by Crippen LogP contribution is 2.34. The van der Waals surface area contributed by atoms with Crippen molar-refractivity contribution in [1.82, 2.24) is 15.1 Å². The van der Waals surface area contributed by atoms with E-state index in [1.807, 2.05) is 25.6 Å². The first-order valence-corrected chi connectivity index (χ1v) is 6.85. The lowest BCUT2D eigenvalue weighted by atomic mass is 10.0. The van der Waals surface area contributed by atoms with Crippen molar-refractivity contribution in [3.8, 4) is 5.75 Å². The molecule has 20 heavy (non-hydrogen) atoms. The molecule has 5 nitrogen and oxygen atoms in total. The van der Waals surface area contributed by atoms with Crippen molar-refractivity contribution in [3.05, 3.63) is 35.0 Å². The fourth-order valence-corrected chi connectivity index (χ4v) is 2.58. The molecule has 0 bridgehead atoms. The zero-order valence-electron chi connectivity index (χ0n) is 13.0. The zero-order chi connectivity index (χ0) is 14.9. The van der Waals surface area contributed by atoms with Crippen LogP contribution in [0.1, 0.15) is 48.7 Å². The van der Waals surface area contributed by atoms with Crippen LogP contribution in [0.3, 0.4) is 0 Å². The predicted octanol–water partition coefficient (Wildman–Crippen LogP) is 2.99. The summed E-state index contributed by atoms with van der Waals surface area (Å²) >= 11 is 0. The molecule has 0 aromatic carbocycles. The van der Waals surface area contributed by atoms with Crippen LogP contribution in [0.4, 0.5) is 0 Å². The van der Waals surface area contributed by atoms with E-state index in [-0.39, 0.29) is 12.1 Å². The van der Waals surface area contributed by atoms with Crippen molar-refractivity contribution in [1.29, 1.82) is 0 Å². The molecule has 0 aliphatic heterocycles. The smallest absolute Gasteiger partial charge is 0.161 e. The molecule has 0 saturated heterocycles. The Labute approximate surface area is 119 Å². The molecule has 1 unspecified atom stereocenters. The number of ether oxygens (including phenoxy) is 1. The van der Waals surface area contributed by atoms with Crippen LogP contribution in [-0.2, 0) is 0 Å². The Morgan fingerprint density at radius 2 is 2.05 bits per heavy atom. The van der Waals surface area contributed by atoms with Crippen LogP contribution in [0.2, 0.25) is 0 Å². The van der Waals surface area contributed by atoms with Crippen LogP contribution < -0.4 is 10.1 Å². The lowest BCUT2D eigenvalue weighted by molar-refractivity contribution is 0.395. The van der Waals surface area contributed by atoms with Crippen molar-refractivity contribution in [2.24, 2.45) is 0 Å². The highest BCUT2D eigenvalue weighted by Gasteiger charge is 2.26. The summed E-state index contributed by atoms with van der Waals surface area (Å²) in [6, 6.07) is 2.32. The molecule has 2 aromatic heterocycles. The first-order chi connectivity index (χ1) is 9.49. The average Bonchev–Trinajstić information content (AvgIpc) is 2.95. The number of rotatable bonds is 5. The van der Waals surface area contributed by atoms with Crippen LogP contribution in [0.25, 0.3) is 0 Å². The molecule has 1 N–H and O–H groups in total. The van der Waals surface area contributed by atoms with Gasteiger partial charge >= 0.3 is 0 Å². The fraction of sp³-hybridized carbons (Fsp3) is 0.533. The normalized spacial score (nSPS) is 12.9. The quantitative estimate of drug-likeness (QED) is 0.913. The minimum atomic E-state index is -0.00713. The molecule has 0 amide bonds. The molecule has 0 spiro atoms. The second-order valence-electron chi connectivity index (χ2n) is 5.23. The third-order valence-corrected chi connectivity index (χ3v) is 3.46. The van der Waals surface area contributed by atoms with Gasteiger partial charge in [-0.2, -0.15) is 5.10 Å². The van der Waals surface area contributed by atoms with Gasteiger partial charge in [-0.3, -0.25) is 4.68 Å². The van der Waals surface area contributed by atoms with Gasteiger partial charge in [-0.1, -0.05) is 0 Å². The van der Waals surface area contributed by atoms with Crippen molar-refractivity contribution < 1.29 is 9.15 Å². The summed E-state index contributed by atoms with van der Waals surface area (Å²) in [6.07, 6.45) is 1.77. The van der Waals surface area contributed by atoms with E-state index in [4.69, 9.17) is 9.15 Å². The van der Waals surface area contributed by atoms with Gasteiger partial charge in [0, 0.05) is 11.6 Å². The summed E-state index contributed by atoms with van der Waals surface area (Å²) in [5.41, 5.74) is 2.14. The number of nitrogens with zero attached hydrogens (tertiary/aromatic N) is 2. The lowest BCUT2D eigenvalue weighted by Crippen LogP contribution is -2.23. The molecule has 0 saturated carbocycles. The zero-order valence-corrected chi connectivity index (χ0v) is 13.0. The topological polar surface area (TPSA) is 52.2 Å². The van der Waals surface area contributed by atoms with E-state index in [1.54, 1.807) is 13.3 Å². The summed E-state index contributed by atoms with van der Waals surface area (Å²) in [6.45, 7) is 8.15. The number of hydrogen-bond donors (Lipinski definition) is 1. The van der Waals surface area contributed by atoms with E-state index in [9.17, 15) is 0 Å². The third kappa shape index (κ3) is 2.45. The number of nitrogens with one attached hydrogen (secondary N) is 1. The largest absolute Gasteiger partial charge is 0.493 e. The van der Waals surface area contributed by atoms with Gasteiger partial charge in [0.15, 0.2) is 5.75 Å². The van der Waals surface area contributed by atoms with Gasteiger partial charge in [0.25, 0.3) is 0 Å². The van der Waals surface area contributed by atoms with Gasteiger partial charge < -0.3 is 14.5 Å². The van der Waals surface area contributed by atoms with Crippen molar-refractivity contribution in [2.45, 2.75) is 39.8 Å². The molecular formula is C15H23N3O2. The van der Waals surface area contributed by atoms with E-state index in [0.29, 0.717) is 0 Å². The summed E-state index contributed by atoms with van der Waals surface area (Å²) in [5, 5.41) is 7.78. The summed E-state index contributed by atoms with van der Waals surface area (Å²) in [7, 11) is 3.61. The van der Waals surface area contributed by atoms with E-state index in [1.165, 1.54) is 0 Å². The maximum absolute atomic E-state index is 5.66. The van der Waals surface area contributed by atoms with Crippen molar-refractivity contribution in [3.63, 3.8) is 0 Å². The highest BCUT2D eigenvalue weighted by atomic mass is 16.5. The second-order valence-corrected chi connectivity index (χ2v) is 5.23. The van der Waals surface area contributed by atoms with Crippen LogP contribution in [-0.4, -0.2) is 23.9 Å². The number of furan rings is 1. The van der Waals surface area contributed by atoms with Gasteiger partial charge in [0.1, 0.15) is 17.2 Å². The molecule has 110 valence electrons.